The molecule has 0 radical (unpaired) electrons. The summed E-state index contributed by atoms with van der Waals surface area (Å²) in [6.45, 7) is 0.592. The van der Waals surface area contributed by atoms with Crippen LogP contribution in [0, 0.1) is 11.3 Å². The summed E-state index contributed by atoms with van der Waals surface area (Å²) < 4.78 is 1.52. The van der Waals surface area contributed by atoms with E-state index in [0.717, 1.165) is 19.3 Å². The second-order valence-corrected chi connectivity index (χ2v) is 8.61. The van der Waals surface area contributed by atoms with Crippen LogP contribution in [0.15, 0.2) is 70.1 Å². The molecule has 0 atom stereocenters. The van der Waals surface area contributed by atoms with E-state index in [4.69, 9.17) is 5.26 Å². The summed E-state index contributed by atoms with van der Waals surface area (Å²) in [5.74, 6) is -0.00978. The summed E-state index contributed by atoms with van der Waals surface area (Å²) in [4.78, 5) is 30.6. The molecule has 0 spiro atoms. The maximum absolute atomic E-state index is 13.3. The number of carbonyl (C=O) groups is 1. The third-order valence-electron chi connectivity index (χ3n) is 5.50. The molecule has 0 bridgehead atoms. The van der Waals surface area contributed by atoms with Crippen LogP contribution < -0.4 is 10.9 Å². The summed E-state index contributed by atoms with van der Waals surface area (Å²) in [6.07, 6.45) is 7.88. The molecular formula is C25H24N4O2S. The lowest BCUT2D eigenvalue weighted by Crippen LogP contribution is -2.25. The van der Waals surface area contributed by atoms with Crippen LogP contribution in [-0.2, 0) is 0 Å². The molecule has 0 fully saturated rings. The van der Waals surface area contributed by atoms with Crippen LogP contribution in [-0.4, -0.2) is 27.8 Å². The fourth-order valence-electron chi connectivity index (χ4n) is 3.88. The van der Waals surface area contributed by atoms with Crippen molar-refractivity contribution in [2.45, 2.75) is 37.3 Å². The Labute approximate surface area is 191 Å². The van der Waals surface area contributed by atoms with Gasteiger partial charge in [-0.05, 0) is 62.4 Å². The molecule has 6 nitrogen and oxygen atoms in total. The van der Waals surface area contributed by atoms with Crippen LogP contribution in [0.2, 0.25) is 0 Å². The number of nitriles is 1. The van der Waals surface area contributed by atoms with Crippen molar-refractivity contribution in [3.8, 4) is 11.8 Å². The molecule has 0 saturated heterocycles. The molecule has 1 amide bonds. The molecule has 2 aromatic carbocycles. The van der Waals surface area contributed by atoms with E-state index >= 15 is 0 Å². The van der Waals surface area contributed by atoms with E-state index < -0.39 is 0 Å². The van der Waals surface area contributed by atoms with Gasteiger partial charge in [-0.2, -0.15) is 5.26 Å². The van der Waals surface area contributed by atoms with Gasteiger partial charge in [0.05, 0.1) is 28.4 Å². The monoisotopic (exact) mass is 444 g/mol. The smallest absolute Gasteiger partial charge is 0.266 e. The molecule has 3 aromatic rings. The maximum atomic E-state index is 13.3. The van der Waals surface area contributed by atoms with Gasteiger partial charge in [0.1, 0.15) is 0 Å². The third kappa shape index (κ3) is 4.92. The average molecular weight is 445 g/mol. The van der Waals surface area contributed by atoms with Gasteiger partial charge in [-0.1, -0.05) is 41.6 Å². The number of amides is 1. The lowest BCUT2D eigenvalue weighted by Gasteiger charge is -2.14. The van der Waals surface area contributed by atoms with E-state index in [1.54, 1.807) is 18.2 Å². The van der Waals surface area contributed by atoms with Crippen LogP contribution in [0.4, 0.5) is 0 Å². The predicted molar refractivity (Wildman–Crippen MR) is 127 cm³/mol. The molecule has 1 aliphatic rings. The van der Waals surface area contributed by atoms with Crippen LogP contribution in [0.3, 0.4) is 0 Å². The van der Waals surface area contributed by atoms with E-state index in [0.29, 0.717) is 33.9 Å². The number of fused-ring (bicyclic) bond motifs is 1. The molecule has 4 rings (SSSR count). The highest BCUT2D eigenvalue weighted by Gasteiger charge is 2.15. The van der Waals surface area contributed by atoms with E-state index in [2.05, 4.69) is 22.4 Å². The molecule has 1 N–H and O–H groups in total. The minimum atomic E-state index is -0.224. The third-order valence-corrected chi connectivity index (χ3v) is 6.30. The van der Waals surface area contributed by atoms with Gasteiger partial charge in [-0.15, -0.1) is 0 Å². The number of allylic oxidation sites excluding steroid dienone is 1. The maximum Gasteiger partial charge on any atom is 0.266 e. The Morgan fingerprint density at radius 2 is 2.03 bits per heavy atom. The van der Waals surface area contributed by atoms with Crippen LogP contribution in [0.25, 0.3) is 16.6 Å². The number of nitrogens with one attached hydrogen (secondary N) is 1. The van der Waals surface area contributed by atoms with Crippen molar-refractivity contribution >= 4 is 28.6 Å². The highest BCUT2D eigenvalue weighted by molar-refractivity contribution is 7.99. The van der Waals surface area contributed by atoms with E-state index in [-0.39, 0.29) is 17.2 Å². The van der Waals surface area contributed by atoms with Crippen molar-refractivity contribution in [1.82, 2.24) is 14.9 Å². The molecule has 162 valence electrons. The standard InChI is InChI=1S/C25H24N4O2S/c26-14-16-32-25-28-22-17-19(23(30)27-15-13-18-7-3-1-4-8-18)11-12-21(22)24(31)29(25)20-9-5-2-6-10-20/h2,5-7,9-12,17H,1,3-4,8,13,15-16H2,(H,27,30). The summed E-state index contributed by atoms with van der Waals surface area (Å²) in [6, 6.07) is 16.3. The number of hydrogen-bond acceptors (Lipinski definition) is 5. The first-order valence-electron chi connectivity index (χ1n) is 10.8. The van der Waals surface area contributed by atoms with Crippen molar-refractivity contribution in [2.24, 2.45) is 0 Å². The Hall–Kier alpha value is -3.37. The molecule has 1 aliphatic carbocycles. The lowest BCUT2D eigenvalue weighted by molar-refractivity contribution is 0.0954. The molecule has 32 heavy (non-hydrogen) atoms. The minimum absolute atomic E-state index is 0.167. The van der Waals surface area contributed by atoms with Gasteiger partial charge in [-0.25, -0.2) is 4.98 Å². The Balaban J connectivity index is 1.62. The first-order chi connectivity index (χ1) is 15.7. The van der Waals surface area contributed by atoms with Gasteiger partial charge in [0.15, 0.2) is 5.16 Å². The Kier molecular flexibility index (Phi) is 7.03. The minimum Gasteiger partial charge on any atom is -0.352 e. The zero-order valence-corrected chi connectivity index (χ0v) is 18.5. The fraction of sp³-hybridized carbons (Fsp3) is 0.280. The van der Waals surface area contributed by atoms with Gasteiger partial charge in [-0.3, -0.25) is 14.2 Å². The Morgan fingerprint density at radius 3 is 2.78 bits per heavy atom. The summed E-state index contributed by atoms with van der Waals surface area (Å²) in [5, 5.41) is 12.9. The zero-order chi connectivity index (χ0) is 22.3. The average Bonchev–Trinajstić information content (AvgIpc) is 2.83. The molecule has 0 aliphatic heterocycles. The van der Waals surface area contributed by atoms with Crippen LogP contribution in [0.1, 0.15) is 42.5 Å². The summed E-state index contributed by atoms with van der Waals surface area (Å²) in [7, 11) is 0. The van der Waals surface area contributed by atoms with Gasteiger partial charge >= 0.3 is 0 Å². The summed E-state index contributed by atoms with van der Waals surface area (Å²) in [5.41, 5.74) is 2.79. The van der Waals surface area contributed by atoms with Crippen LogP contribution >= 0.6 is 11.8 Å². The highest BCUT2D eigenvalue weighted by Crippen LogP contribution is 2.22. The molecule has 7 heteroatoms. The van der Waals surface area contributed by atoms with E-state index in [9.17, 15) is 9.59 Å². The van der Waals surface area contributed by atoms with E-state index in [1.165, 1.54) is 34.7 Å². The largest absolute Gasteiger partial charge is 0.352 e. The molecule has 0 unspecified atom stereocenters. The SMILES string of the molecule is N#CCSc1nc2cc(C(=O)NCCC3=CCCCC3)ccc2c(=O)n1-c1ccccc1. The molecule has 0 saturated carbocycles. The second-order valence-electron chi connectivity index (χ2n) is 7.66. The van der Waals surface area contributed by atoms with Crippen LogP contribution in [0.5, 0.6) is 0 Å². The second kappa shape index (κ2) is 10.3. The topological polar surface area (TPSA) is 87.8 Å². The van der Waals surface area contributed by atoms with Gasteiger partial charge in [0.25, 0.3) is 11.5 Å². The fourth-order valence-corrected chi connectivity index (χ4v) is 4.55. The van der Waals surface area contributed by atoms with Crippen molar-refractivity contribution < 1.29 is 4.79 Å². The molecular weight excluding hydrogens is 420 g/mol. The van der Waals surface area contributed by atoms with Crippen molar-refractivity contribution in [3.63, 3.8) is 0 Å². The number of thioether (sulfide) groups is 1. The quantitative estimate of drug-likeness (QED) is 0.326. The predicted octanol–water partition coefficient (Wildman–Crippen LogP) is 4.62. The highest BCUT2D eigenvalue weighted by atomic mass is 32.2. The lowest BCUT2D eigenvalue weighted by atomic mass is 9.97. The summed E-state index contributed by atoms with van der Waals surface area (Å²) >= 11 is 1.20. The van der Waals surface area contributed by atoms with E-state index in [1.807, 2.05) is 30.3 Å². The van der Waals surface area contributed by atoms with Crippen molar-refractivity contribution in [2.75, 3.05) is 12.3 Å². The first kappa shape index (κ1) is 21.8. The van der Waals surface area contributed by atoms with Crippen molar-refractivity contribution in [3.05, 3.63) is 76.1 Å². The van der Waals surface area contributed by atoms with Gasteiger partial charge in [0, 0.05) is 12.1 Å². The number of hydrogen-bond donors (Lipinski definition) is 1. The first-order valence-corrected chi connectivity index (χ1v) is 11.7. The molecule has 1 aromatic heterocycles. The number of aromatic nitrogens is 2. The number of carbonyl (C=O) groups excluding carboxylic acids is 1. The zero-order valence-electron chi connectivity index (χ0n) is 17.7. The number of benzene rings is 2. The van der Waals surface area contributed by atoms with Crippen molar-refractivity contribution in [1.29, 1.82) is 5.26 Å². The molecule has 1 heterocycles. The number of nitrogens with zero attached hydrogens (tertiary/aromatic N) is 3. The van der Waals surface area contributed by atoms with Gasteiger partial charge < -0.3 is 5.32 Å². The number of para-hydroxylation sites is 1. The normalized spacial score (nSPS) is 13.4. The van der Waals surface area contributed by atoms with Gasteiger partial charge in [0.2, 0.25) is 0 Å². The number of rotatable bonds is 7. The Morgan fingerprint density at radius 1 is 1.19 bits per heavy atom. The Bertz CT molecular complexity index is 1260.